The molecule has 0 aliphatic heterocycles. The molecule has 132 valence electrons. The van der Waals surface area contributed by atoms with E-state index in [2.05, 4.69) is 5.32 Å². The molecular formula is C17H25N3O4. The van der Waals surface area contributed by atoms with Crippen molar-refractivity contribution in [2.45, 2.75) is 31.8 Å². The van der Waals surface area contributed by atoms with Gasteiger partial charge >= 0.3 is 12.0 Å². The number of benzene rings is 1. The van der Waals surface area contributed by atoms with Crippen LogP contribution in [-0.4, -0.2) is 43.4 Å². The summed E-state index contributed by atoms with van der Waals surface area (Å²) in [6.07, 6.45) is 1.41. The van der Waals surface area contributed by atoms with Gasteiger partial charge in [-0.2, -0.15) is 0 Å². The normalized spacial score (nSPS) is 11.4. The van der Waals surface area contributed by atoms with Gasteiger partial charge < -0.3 is 20.7 Å². The SMILES string of the molecule is CN(C)C(=O)[C@@H](OC(=O)CCCCCNC(N)=O)c1ccccc1. The number of carbonyl (C=O) groups excluding carboxylic acids is 3. The van der Waals surface area contributed by atoms with Crippen LogP contribution < -0.4 is 11.1 Å². The van der Waals surface area contributed by atoms with Gasteiger partial charge in [0.25, 0.3) is 5.91 Å². The molecule has 0 saturated heterocycles. The number of ether oxygens (including phenoxy) is 1. The second-order valence-corrected chi connectivity index (χ2v) is 5.61. The molecule has 1 atom stereocenters. The molecule has 7 nitrogen and oxygen atoms in total. The molecule has 0 radical (unpaired) electrons. The molecule has 24 heavy (non-hydrogen) atoms. The number of likely N-dealkylation sites (N-methyl/N-ethyl adjacent to an activating group) is 1. The number of amides is 3. The van der Waals surface area contributed by atoms with Crippen molar-refractivity contribution in [1.29, 1.82) is 0 Å². The monoisotopic (exact) mass is 335 g/mol. The van der Waals surface area contributed by atoms with Gasteiger partial charge in [-0.1, -0.05) is 36.8 Å². The van der Waals surface area contributed by atoms with Gasteiger partial charge in [-0.05, 0) is 12.8 Å². The molecule has 0 saturated carbocycles. The van der Waals surface area contributed by atoms with E-state index in [4.69, 9.17) is 10.5 Å². The van der Waals surface area contributed by atoms with Crippen molar-refractivity contribution in [3.05, 3.63) is 35.9 Å². The molecule has 7 heteroatoms. The number of nitrogens with one attached hydrogen (secondary N) is 1. The minimum absolute atomic E-state index is 0.223. The van der Waals surface area contributed by atoms with Gasteiger partial charge in [0.1, 0.15) is 0 Å². The molecular weight excluding hydrogens is 310 g/mol. The van der Waals surface area contributed by atoms with E-state index in [0.29, 0.717) is 18.5 Å². The van der Waals surface area contributed by atoms with E-state index < -0.39 is 18.1 Å². The number of rotatable bonds is 9. The highest BCUT2D eigenvalue weighted by Gasteiger charge is 2.26. The Kier molecular flexibility index (Phi) is 8.32. The lowest BCUT2D eigenvalue weighted by Crippen LogP contribution is -2.31. The molecule has 0 unspecified atom stereocenters. The van der Waals surface area contributed by atoms with Gasteiger partial charge in [-0.25, -0.2) is 4.79 Å². The zero-order valence-corrected chi connectivity index (χ0v) is 14.2. The number of urea groups is 1. The number of nitrogens with two attached hydrogens (primary N) is 1. The number of nitrogens with zero attached hydrogens (tertiary/aromatic N) is 1. The minimum atomic E-state index is -0.926. The zero-order chi connectivity index (χ0) is 17.9. The average Bonchev–Trinajstić information content (AvgIpc) is 2.55. The van der Waals surface area contributed by atoms with E-state index >= 15 is 0 Å². The molecule has 0 bridgehead atoms. The molecule has 0 aliphatic rings. The fourth-order valence-corrected chi connectivity index (χ4v) is 2.10. The van der Waals surface area contributed by atoms with Crippen LogP contribution in [0.5, 0.6) is 0 Å². The molecule has 3 amide bonds. The van der Waals surface area contributed by atoms with E-state index in [9.17, 15) is 14.4 Å². The standard InChI is InChI=1S/C17H25N3O4/c1-20(2)16(22)15(13-9-5-3-6-10-13)24-14(21)11-7-4-8-12-19-17(18)23/h3,5-6,9-10,15H,4,7-8,11-12H2,1-2H3,(H3,18,19,23)/t15-/m0/s1. The zero-order valence-electron chi connectivity index (χ0n) is 14.2. The quantitative estimate of drug-likeness (QED) is 0.528. The van der Waals surface area contributed by atoms with Gasteiger partial charge in [-0.3, -0.25) is 9.59 Å². The van der Waals surface area contributed by atoms with Crippen LogP contribution in [-0.2, 0) is 14.3 Å². The smallest absolute Gasteiger partial charge is 0.312 e. The molecule has 0 aliphatic carbocycles. The largest absolute Gasteiger partial charge is 0.447 e. The predicted molar refractivity (Wildman–Crippen MR) is 90.0 cm³/mol. The molecule has 1 aromatic rings. The van der Waals surface area contributed by atoms with Crippen LogP contribution >= 0.6 is 0 Å². The van der Waals surface area contributed by atoms with Crippen LogP contribution in [0.15, 0.2) is 30.3 Å². The number of hydrogen-bond donors (Lipinski definition) is 2. The van der Waals surface area contributed by atoms with E-state index in [1.807, 2.05) is 6.07 Å². The van der Waals surface area contributed by atoms with Crippen LogP contribution in [0.4, 0.5) is 4.79 Å². The molecule has 0 fully saturated rings. The first-order valence-electron chi connectivity index (χ1n) is 7.90. The Morgan fingerprint density at radius 2 is 1.79 bits per heavy atom. The third-order valence-corrected chi connectivity index (χ3v) is 3.37. The van der Waals surface area contributed by atoms with Crippen LogP contribution in [0.2, 0.25) is 0 Å². The minimum Gasteiger partial charge on any atom is -0.447 e. The average molecular weight is 335 g/mol. The lowest BCUT2D eigenvalue weighted by Gasteiger charge is -2.21. The molecule has 3 N–H and O–H groups in total. The topological polar surface area (TPSA) is 102 Å². The first kappa shape index (κ1) is 19.5. The van der Waals surface area contributed by atoms with E-state index in [-0.39, 0.29) is 12.3 Å². The van der Waals surface area contributed by atoms with E-state index in [1.165, 1.54) is 4.90 Å². The Morgan fingerprint density at radius 1 is 1.12 bits per heavy atom. The summed E-state index contributed by atoms with van der Waals surface area (Å²) in [5.41, 5.74) is 5.61. The third-order valence-electron chi connectivity index (χ3n) is 3.37. The van der Waals surface area contributed by atoms with Crippen molar-refractivity contribution >= 4 is 17.9 Å². The molecule has 0 spiro atoms. The summed E-state index contributed by atoms with van der Waals surface area (Å²) in [5.74, 6) is -0.692. The van der Waals surface area contributed by atoms with Crippen LogP contribution in [0.3, 0.4) is 0 Å². The summed E-state index contributed by atoms with van der Waals surface area (Å²) >= 11 is 0. The summed E-state index contributed by atoms with van der Waals surface area (Å²) in [6.45, 7) is 0.482. The number of hydrogen-bond acceptors (Lipinski definition) is 4. The van der Waals surface area contributed by atoms with Crippen LogP contribution in [0.1, 0.15) is 37.4 Å². The second-order valence-electron chi connectivity index (χ2n) is 5.61. The number of esters is 1. The summed E-state index contributed by atoms with van der Waals surface area (Å²) in [7, 11) is 3.25. The van der Waals surface area contributed by atoms with Gasteiger partial charge in [0, 0.05) is 32.6 Å². The first-order chi connectivity index (χ1) is 11.4. The lowest BCUT2D eigenvalue weighted by molar-refractivity contribution is -0.159. The molecule has 0 heterocycles. The molecule has 1 rings (SSSR count). The number of unbranched alkanes of at least 4 members (excludes halogenated alkanes) is 2. The Morgan fingerprint density at radius 3 is 2.38 bits per heavy atom. The van der Waals surface area contributed by atoms with Crippen molar-refractivity contribution in [1.82, 2.24) is 10.2 Å². The number of carbonyl (C=O) groups is 3. The molecule has 1 aromatic carbocycles. The fourth-order valence-electron chi connectivity index (χ4n) is 2.10. The Labute approximate surface area is 142 Å². The van der Waals surface area contributed by atoms with Crippen LogP contribution in [0, 0.1) is 0 Å². The maximum atomic E-state index is 12.3. The van der Waals surface area contributed by atoms with Gasteiger partial charge in [0.2, 0.25) is 6.10 Å². The summed E-state index contributed by atoms with van der Waals surface area (Å²) in [4.78, 5) is 36.2. The van der Waals surface area contributed by atoms with Gasteiger partial charge in [0.05, 0.1) is 0 Å². The van der Waals surface area contributed by atoms with E-state index in [0.717, 1.165) is 12.8 Å². The van der Waals surface area contributed by atoms with Crippen molar-refractivity contribution in [2.24, 2.45) is 5.73 Å². The lowest BCUT2D eigenvalue weighted by atomic mass is 10.1. The highest BCUT2D eigenvalue weighted by Crippen LogP contribution is 2.20. The Bertz CT molecular complexity index is 546. The van der Waals surface area contributed by atoms with Crippen molar-refractivity contribution in [3.8, 4) is 0 Å². The Hall–Kier alpha value is -2.57. The Balaban J connectivity index is 2.47. The summed E-state index contributed by atoms with van der Waals surface area (Å²) < 4.78 is 5.38. The van der Waals surface area contributed by atoms with Gasteiger partial charge in [-0.15, -0.1) is 0 Å². The highest BCUT2D eigenvalue weighted by molar-refractivity contribution is 5.84. The third kappa shape index (κ3) is 7.13. The van der Waals surface area contributed by atoms with Crippen molar-refractivity contribution in [3.63, 3.8) is 0 Å². The summed E-state index contributed by atoms with van der Waals surface area (Å²) in [6, 6.07) is 8.39. The highest BCUT2D eigenvalue weighted by atomic mass is 16.5. The molecule has 0 aromatic heterocycles. The van der Waals surface area contributed by atoms with Crippen molar-refractivity contribution < 1.29 is 19.1 Å². The maximum absolute atomic E-state index is 12.3. The van der Waals surface area contributed by atoms with Gasteiger partial charge in [0.15, 0.2) is 0 Å². The van der Waals surface area contributed by atoms with Crippen LogP contribution in [0.25, 0.3) is 0 Å². The summed E-state index contributed by atoms with van der Waals surface area (Å²) in [5, 5.41) is 2.49. The van der Waals surface area contributed by atoms with Crippen molar-refractivity contribution in [2.75, 3.05) is 20.6 Å². The van der Waals surface area contributed by atoms with E-state index in [1.54, 1.807) is 38.4 Å². The second kappa shape index (κ2) is 10.3. The first-order valence-corrected chi connectivity index (χ1v) is 7.90. The predicted octanol–water partition coefficient (Wildman–Crippen LogP) is 1.59. The maximum Gasteiger partial charge on any atom is 0.312 e. The number of primary amides is 1. The fraction of sp³-hybridized carbons (Fsp3) is 0.471.